The van der Waals surface area contributed by atoms with Gasteiger partial charge in [0.1, 0.15) is 0 Å². The third-order valence-electron chi connectivity index (χ3n) is 3.58. The largest absolute Gasteiger partial charge is 0.343 e. The number of rotatable bonds is 5. The Kier molecular flexibility index (Phi) is 9.56. The van der Waals surface area contributed by atoms with Crippen molar-refractivity contribution in [3.05, 3.63) is 0 Å². The van der Waals surface area contributed by atoms with Crippen molar-refractivity contribution in [2.45, 2.75) is 57.4 Å². The Balaban J connectivity index is 0.00000256. The summed E-state index contributed by atoms with van der Waals surface area (Å²) in [6, 6.07) is 0.504. The minimum absolute atomic E-state index is 0. The summed E-state index contributed by atoms with van der Waals surface area (Å²) < 4.78 is 0. The zero-order valence-corrected chi connectivity index (χ0v) is 12.0. The molecule has 0 heterocycles. The molecule has 1 N–H and O–H groups in total. The molecule has 1 rings (SSSR count). The smallest absolute Gasteiger partial charge is 0.222 e. The second-order valence-electron chi connectivity index (χ2n) is 4.86. The topological polar surface area (TPSA) is 32.3 Å². The van der Waals surface area contributed by atoms with E-state index in [1.165, 1.54) is 38.5 Å². The first-order chi connectivity index (χ1) is 7.75. The summed E-state index contributed by atoms with van der Waals surface area (Å²) in [5, 5.41) is 3.08. The minimum Gasteiger partial charge on any atom is -0.343 e. The number of hydrogen-bond donors (Lipinski definition) is 1. The van der Waals surface area contributed by atoms with Gasteiger partial charge >= 0.3 is 0 Å². The van der Waals surface area contributed by atoms with Crippen LogP contribution in [0.5, 0.6) is 0 Å². The van der Waals surface area contributed by atoms with Crippen LogP contribution in [0.1, 0.15) is 51.4 Å². The second-order valence-corrected chi connectivity index (χ2v) is 4.86. The molecule has 0 bridgehead atoms. The van der Waals surface area contributed by atoms with Crippen LogP contribution in [0.3, 0.4) is 0 Å². The molecule has 1 aliphatic rings. The van der Waals surface area contributed by atoms with Crippen molar-refractivity contribution in [3.63, 3.8) is 0 Å². The zero-order chi connectivity index (χ0) is 11.8. The van der Waals surface area contributed by atoms with Gasteiger partial charge in [-0.25, -0.2) is 0 Å². The predicted octanol–water partition coefficient (Wildman–Crippen LogP) is 2.59. The van der Waals surface area contributed by atoms with Gasteiger partial charge in [0.25, 0.3) is 0 Å². The SMILES string of the molecule is CNCCCC(=O)N(C)C1CCCCCC1.Cl. The normalized spacial score (nSPS) is 17.1. The van der Waals surface area contributed by atoms with Crippen molar-refractivity contribution in [2.75, 3.05) is 20.6 Å². The number of amides is 1. The molecule has 0 aromatic heterocycles. The Bertz CT molecular complexity index is 204. The second kappa shape index (κ2) is 9.72. The van der Waals surface area contributed by atoms with E-state index in [2.05, 4.69) is 5.32 Å². The quantitative estimate of drug-likeness (QED) is 0.610. The van der Waals surface area contributed by atoms with Crippen molar-refractivity contribution < 1.29 is 4.79 Å². The molecule has 17 heavy (non-hydrogen) atoms. The zero-order valence-electron chi connectivity index (χ0n) is 11.2. The maximum atomic E-state index is 11.9. The highest BCUT2D eigenvalue weighted by molar-refractivity contribution is 5.85. The van der Waals surface area contributed by atoms with E-state index < -0.39 is 0 Å². The number of halogens is 1. The molecule has 0 aliphatic heterocycles. The molecule has 1 fully saturated rings. The molecule has 0 radical (unpaired) electrons. The van der Waals surface area contributed by atoms with E-state index in [1.807, 2.05) is 19.0 Å². The summed E-state index contributed by atoms with van der Waals surface area (Å²) >= 11 is 0. The van der Waals surface area contributed by atoms with Crippen LogP contribution in [0.2, 0.25) is 0 Å². The first-order valence-electron chi connectivity index (χ1n) is 6.66. The Morgan fingerprint density at radius 2 is 1.82 bits per heavy atom. The number of nitrogens with one attached hydrogen (secondary N) is 1. The number of carbonyl (C=O) groups excluding carboxylic acids is 1. The fourth-order valence-electron chi connectivity index (χ4n) is 2.44. The van der Waals surface area contributed by atoms with Gasteiger partial charge in [-0.15, -0.1) is 12.4 Å². The highest BCUT2D eigenvalue weighted by Gasteiger charge is 2.20. The van der Waals surface area contributed by atoms with Gasteiger partial charge in [-0.2, -0.15) is 0 Å². The lowest BCUT2D eigenvalue weighted by Crippen LogP contribution is -2.36. The molecule has 0 atom stereocenters. The van der Waals surface area contributed by atoms with Gasteiger partial charge in [0.2, 0.25) is 5.91 Å². The molecule has 1 saturated carbocycles. The molecule has 102 valence electrons. The van der Waals surface area contributed by atoms with Gasteiger partial charge < -0.3 is 10.2 Å². The van der Waals surface area contributed by atoms with Crippen LogP contribution in [0.15, 0.2) is 0 Å². The van der Waals surface area contributed by atoms with Crippen LogP contribution in [-0.2, 0) is 4.79 Å². The average molecular weight is 263 g/mol. The standard InChI is InChI=1S/C13H26N2O.ClH/c1-14-11-7-10-13(16)15(2)12-8-5-3-4-6-9-12;/h12,14H,3-11H2,1-2H3;1H. The van der Waals surface area contributed by atoms with E-state index >= 15 is 0 Å². The van der Waals surface area contributed by atoms with Crippen LogP contribution >= 0.6 is 12.4 Å². The maximum absolute atomic E-state index is 11.9. The lowest BCUT2D eigenvalue weighted by atomic mass is 10.1. The molecule has 0 saturated heterocycles. The Labute approximate surface area is 112 Å². The van der Waals surface area contributed by atoms with E-state index in [-0.39, 0.29) is 12.4 Å². The van der Waals surface area contributed by atoms with Crippen molar-refractivity contribution in [2.24, 2.45) is 0 Å². The van der Waals surface area contributed by atoms with Crippen molar-refractivity contribution in [3.8, 4) is 0 Å². The summed E-state index contributed by atoms with van der Waals surface area (Å²) in [7, 11) is 3.91. The summed E-state index contributed by atoms with van der Waals surface area (Å²) in [6.07, 6.45) is 9.32. The molecule has 0 spiro atoms. The van der Waals surface area contributed by atoms with Crippen LogP contribution in [0, 0.1) is 0 Å². The Morgan fingerprint density at radius 1 is 1.24 bits per heavy atom. The van der Waals surface area contributed by atoms with E-state index in [0.29, 0.717) is 18.4 Å². The number of nitrogens with zero attached hydrogens (tertiary/aromatic N) is 1. The van der Waals surface area contributed by atoms with Gasteiger partial charge in [0, 0.05) is 19.5 Å². The Morgan fingerprint density at radius 3 is 2.35 bits per heavy atom. The lowest BCUT2D eigenvalue weighted by molar-refractivity contribution is -0.132. The minimum atomic E-state index is 0. The van der Waals surface area contributed by atoms with Gasteiger partial charge in [0.15, 0.2) is 0 Å². The number of hydrogen-bond acceptors (Lipinski definition) is 2. The third kappa shape index (κ3) is 6.27. The van der Waals surface area contributed by atoms with E-state index in [1.54, 1.807) is 0 Å². The fraction of sp³-hybridized carbons (Fsp3) is 0.923. The van der Waals surface area contributed by atoms with Crippen molar-refractivity contribution >= 4 is 18.3 Å². The van der Waals surface area contributed by atoms with E-state index in [4.69, 9.17) is 0 Å². The van der Waals surface area contributed by atoms with Crippen molar-refractivity contribution in [1.29, 1.82) is 0 Å². The van der Waals surface area contributed by atoms with Crippen LogP contribution in [0.25, 0.3) is 0 Å². The molecule has 3 nitrogen and oxygen atoms in total. The van der Waals surface area contributed by atoms with Crippen LogP contribution < -0.4 is 5.32 Å². The van der Waals surface area contributed by atoms with Crippen molar-refractivity contribution in [1.82, 2.24) is 10.2 Å². The molecule has 0 aromatic rings. The third-order valence-corrected chi connectivity index (χ3v) is 3.58. The maximum Gasteiger partial charge on any atom is 0.222 e. The molecular weight excluding hydrogens is 236 g/mol. The molecule has 1 aliphatic carbocycles. The molecular formula is C13H27ClN2O. The highest BCUT2D eigenvalue weighted by atomic mass is 35.5. The fourth-order valence-corrected chi connectivity index (χ4v) is 2.44. The monoisotopic (exact) mass is 262 g/mol. The van der Waals surface area contributed by atoms with E-state index in [0.717, 1.165) is 13.0 Å². The van der Waals surface area contributed by atoms with Crippen LogP contribution in [0.4, 0.5) is 0 Å². The van der Waals surface area contributed by atoms with Gasteiger partial charge in [0.05, 0.1) is 0 Å². The number of carbonyl (C=O) groups is 1. The van der Waals surface area contributed by atoms with Crippen LogP contribution in [-0.4, -0.2) is 37.5 Å². The molecule has 0 aromatic carbocycles. The molecule has 0 unspecified atom stereocenters. The first kappa shape index (κ1) is 16.7. The van der Waals surface area contributed by atoms with Gasteiger partial charge in [-0.3, -0.25) is 4.79 Å². The predicted molar refractivity (Wildman–Crippen MR) is 74.7 cm³/mol. The summed E-state index contributed by atoms with van der Waals surface area (Å²) in [5.41, 5.74) is 0. The van der Waals surface area contributed by atoms with Gasteiger partial charge in [-0.1, -0.05) is 25.7 Å². The molecule has 4 heteroatoms. The average Bonchev–Trinajstić information content (AvgIpc) is 2.56. The summed E-state index contributed by atoms with van der Waals surface area (Å²) in [6.45, 7) is 0.935. The lowest BCUT2D eigenvalue weighted by Gasteiger charge is -2.27. The Hall–Kier alpha value is -0.280. The molecule has 1 amide bonds. The van der Waals surface area contributed by atoms with E-state index in [9.17, 15) is 4.79 Å². The first-order valence-corrected chi connectivity index (χ1v) is 6.66. The summed E-state index contributed by atoms with van der Waals surface area (Å²) in [5.74, 6) is 0.321. The highest BCUT2D eigenvalue weighted by Crippen LogP contribution is 2.21. The summed E-state index contributed by atoms with van der Waals surface area (Å²) in [4.78, 5) is 13.9. The van der Waals surface area contributed by atoms with Gasteiger partial charge in [-0.05, 0) is 32.9 Å².